The molecule has 8 nitrogen and oxygen atoms in total. The van der Waals surface area contributed by atoms with Gasteiger partial charge in [0, 0.05) is 43.7 Å². The van der Waals surface area contributed by atoms with Gasteiger partial charge in [0.25, 0.3) is 5.24 Å². The van der Waals surface area contributed by atoms with Crippen molar-refractivity contribution in [3.05, 3.63) is 82.5 Å². The van der Waals surface area contributed by atoms with Crippen LogP contribution in [0, 0.1) is 5.82 Å². The summed E-state index contributed by atoms with van der Waals surface area (Å²) in [5.41, 5.74) is 2.00. The minimum Gasteiger partial charge on any atom is -0.369 e. The van der Waals surface area contributed by atoms with Crippen molar-refractivity contribution in [2.45, 2.75) is 19.1 Å². The summed E-state index contributed by atoms with van der Waals surface area (Å²) in [6, 6.07) is 14.1. The Balaban J connectivity index is 1.48. The molecule has 1 atom stereocenters. The van der Waals surface area contributed by atoms with E-state index < -0.39 is 12.0 Å². The van der Waals surface area contributed by atoms with Crippen LogP contribution in [0.2, 0.25) is 0 Å². The van der Waals surface area contributed by atoms with Gasteiger partial charge in [-0.3, -0.25) is 14.6 Å². The second kappa shape index (κ2) is 12.7. The summed E-state index contributed by atoms with van der Waals surface area (Å²) in [6.45, 7) is 6.40. The highest BCUT2D eigenvalue weighted by atomic mass is 32.2. The number of nitrogens with zero attached hydrogens (tertiary/aromatic N) is 4. The highest BCUT2D eigenvalue weighted by Gasteiger charge is 2.25. The Morgan fingerprint density at radius 1 is 1.18 bits per heavy atom. The molecule has 2 aromatic rings. The van der Waals surface area contributed by atoms with E-state index in [1.54, 1.807) is 31.5 Å². The first kappa shape index (κ1) is 27.3. The van der Waals surface area contributed by atoms with Crippen LogP contribution in [0.1, 0.15) is 23.1 Å². The van der Waals surface area contributed by atoms with E-state index in [4.69, 9.17) is 0 Å². The number of thioether (sulfide) groups is 1. The van der Waals surface area contributed by atoms with Crippen molar-refractivity contribution in [2.24, 2.45) is 9.98 Å². The summed E-state index contributed by atoms with van der Waals surface area (Å²) in [5, 5.41) is 12.0. The van der Waals surface area contributed by atoms with Gasteiger partial charge in [-0.15, -0.1) is 0 Å². The number of halogens is 1. The van der Waals surface area contributed by atoms with Crippen molar-refractivity contribution in [3.8, 4) is 0 Å². The fraction of sp³-hybridized carbons (Fsp3) is 0.286. The molecule has 2 aliphatic rings. The largest absolute Gasteiger partial charge is 0.369 e. The molecule has 2 amide bonds. The van der Waals surface area contributed by atoms with Crippen molar-refractivity contribution in [2.75, 3.05) is 33.2 Å². The topological polar surface area (TPSA) is 97.6 Å². The Kier molecular flexibility index (Phi) is 9.09. The third-order valence-electron chi connectivity index (χ3n) is 6.21. The monoisotopic (exact) mass is 535 g/mol. The highest BCUT2D eigenvalue weighted by Crippen LogP contribution is 2.29. The van der Waals surface area contributed by atoms with E-state index in [-0.39, 0.29) is 22.4 Å². The molecule has 38 heavy (non-hydrogen) atoms. The molecule has 10 heteroatoms. The number of aliphatic hydroxyl groups is 1. The lowest BCUT2D eigenvalue weighted by atomic mass is 10.1. The molecule has 2 heterocycles. The Morgan fingerprint density at radius 2 is 1.92 bits per heavy atom. The van der Waals surface area contributed by atoms with Gasteiger partial charge in [-0.2, -0.15) is 0 Å². The average molecular weight is 536 g/mol. The van der Waals surface area contributed by atoms with E-state index in [0.717, 1.165) is 23.7 Å². The SMILES string of the molecule is C=C(N=C(C=NC)N1CCCN(C(=O)Cc2ccccc2)CC1)c1cc(/C=C2\SC(=O)NC2O)ccc1F. The summed E-state index contributed by atoms with van der Waals surface area (Å²) in [6.07, 6.45) is 3.27. The summed E-state index contributed by atoms with van der Waals surface area (Å²) in [5.74, 6) is 0.131. The number of carbonyl (C=O) groups is 2. The molecule has 2 saturated heterocycles. The Morgan fingerprint density at radius 3 is 2.63 bits per heavy atom. The normalized spacial score (nSPS) is 19.7. The van der Waals surface area contributed by atoms with E-state index in [2.05, 4.69) is 21.9 Å². The zero-order chi connectivity index (χ0) is 27.1. The number of benzene rings is 2. The lowest BCUT2D eigenvalue weighted by Crippen LogP contribution is -2.38. The van der Waals surface area contributed by atoms with Gasteiger partial charge in [0.15, 0.2) is 6.23 Å². The quantitative estimate of drug-likeness (QED) is 0.433. The lowest BCUT2D eigenvalue weighted by Gasteiger charge is -2.23. The molecule has 2 aliphatic heterocycles. The summed E-state index contributed by atoms with van der Waals surface area (Å²) in [7, 11) is 1.64. The smallest absolute Gasteiger partial charge is 0.285 e. The molecule has 0 aliphatic carbocycles. The van der Waals surface area contributed by atoms with Gasteiger partial charge in [-0.05, 0) is 47.5 Å². The second-order valence-electron chi connectivity index (χ2n) is 8.91. The summed E-state index contributed by atoms with van der Waals surface area (Å²) < 4.78 is 14.8. The molecule has 0 radical (unpaired) electrons. The lowest BCUT2D eigenvalue weighted by molar-refractivity contribution is -0.130. The molecule has 0 aromatic heterocycles. The fourth-order valence-corrected chi connectivity index (χ4v) is 5.03. The van der Waals surface area contributed by atoms with Crippen molar-refractivity contribution in [1.29, 1.82) is 0 Å². The van der Waals surface area contributed by atoms with E-state index >= 15 is 0 Å². The van der Waals surface area contributed by atoms with Crippen LogP contribution < -0.4 is 5.32 Å². The van der Waals surface area contributed by atoms with Crippen LogP contribution in [0.3, 0.4) is 0 Å². The second-order valence-corrected chi connectivity index (χ2v) is 9.96. The zero-order valence-electron chi connectivity index (χ0n) is 21.1. The molecule has 2 N–H and O–H groups in total. The molecule has 4 rings (SSSR count). The Bertz CT molecular complexity index is 1290. The van der Waals surface area contributed by atoms with E-state index in [0.29, 0.717) is 48.9 Å². The first-order valence-corrected chi connectivity index (χ1v) is 13.1. The van der Waals surface area contributed by atoms with Gasteiger partial charge in [-0.25, -0.2) is 9.38 Å². The number of carbonyl (C=O) groups excluding carboxylic acids is 2. The Hall–Kier alpha value is -3.76. The summed E-state index contributed by atoms with van der Waals surface area (Å²) >= 11 is 0.893. The molecule has 0 bridgehead atoms. The molecular formula is C28H30FN5O3S. The van der Waals surface area contributed by atoms with E-state index in [1.165, 1.54) is 6.07 Å². The van der Waals surface area contributed by atoms with Crippen LogP contribution in [0.4, 0.5) is 9.18 Å². The fourth-order valence-electron chi connectivity index (χ4n) is 4.28. The predicted octanol–water partition coefficient (Wildman–Crippen LogP) is 3.79. The number of hydrogen-bond acceptors (Lipinski definition) is 6. The maximum atomic E-state index is 14.8. The molecule has 198 valence electrons. The number of nitrogens with one attached hydrogen (secondary N) is 1. The van der Waals surface area contributed by atoms with Crippen molar-refractivity contribution < 1.29 is 19.1 Å². The average Bonchev–Trinajstić information content (AvgIpc) is 3.07. The van der Waals surface area contributed by atoms with Gasteiger partial charge < -0.3 is 20.2 Å². The number of hydrogen-bond donors (Lipinski definition) is 2. The number of amides is 2. The van der Waals surface area contributed by atoms with Gasteiger partial charge in [0.1, 0.15) is 11.7 Å². The predicted molar refractivity (Wildman–Crippen MR) is 150 cm³/mol. The van der Waals surface area contributed by atoms with Crippen LogP contribution >= 0.6 is 11.8 Å². The molecule has 0 spiro atoms. The van der Waals surface area contributed by atoms with Gasteiger partial charge in [-0.1, -0.05) is 43.0 Å². The minimum atomic E-state index is -1.09. The number of aliphatic hydroxyl groups excluding tert-OH is 1. The van der Waals surface area contributed by atoms with Crippen LogP contribution in [0.25, 0.3) is 11.8 Å². The number of rotatable bonds is 6. The van der Waals surface area contributed by atoms with E-state index in [1.807, 2.05) is 40.1 Å². The minimum absolute atomic E-state index is 0.0838. The van der Waals surface area contributed by atoms with Crippen LogP contribution in [0.5, 0.6) is 0 Å². The standard InChI is InChI=1S/C28H30FN5O3S/c1-19(22-15-21(9-10-23(22)29)16-24-27(36)32-28(37)38-24)31-25(18-30-2)33-11-6-12-34(14-13-33)26(35)17-20-7-4-3-5-8-20/h3-5,7-10,15-16,18,27,36H,1,6,11-14,17H2,2H3,(H,32,37)/b24-16-,30-18?,31-25?. The maximum absolute atomic E-state index is 14.8. The van der Waals surface area contributed by atoms with Crippen molar-refractivity contribution >= 4 is 46.7 Å². The molecular weight excluding hydrogens is 505 g/mol. The highest BCUT2D eigenvalue weighted by molar-refractivity contribution is 8.17. The van der Waals surface area contributed by atoms with Gasteiger partial charge >= 0.3 is 0 Å². The number of amidine groups is 1. The molecule has 2 fully saturated rings. The molecule has 2 aromatic carbocycles. The Labute approximate surface area is 225 Å². The van der Waals surface area contributed by atoms with Crippen LogP contribution in [-0.2, 0) is 11.2 Å². The van der Waals surface area contributed by atoms with Gasteiger partial charge in [0.05, 0.1) is 18.3 Å². The third kappa shape index (κ3) is 6.96. The number of aliphatic imine (C=N–C) groups is 2. The molecule has 1 unspecified atom stereocenters. The third-order valence-corrected chi connectivity index (χ3v) is 7.09. The van der Waals surface area contributed by atoms with E-state index in [9.17, 15) is 19.1 Å². The van der Waals surface area contributed by atoms with Gasteiger partial charge in [0.2, 0.25) is 5.91 Å². The van der Waals surface area contributed by atoms with Crippen LogP contribution in [0.15, 0.2) is 70.0 Å². The van der Waals surface area contributed by atoms with Crippen molar-refractivity contribution in [3.63, 3.8) is 0 Å². The summed E-state index contributed by atoms with van der Waals surface area (Å²) in [4.78, 5) is 37.4. The maximum Gasteiger partial charge on any atom is 0.285 e. The van der Waals surface area contributed by atoms with Crippen molar-refractivity contribution in [1.82, 2.24) is 15.1 Å². The first-order chi connectivity index (χ1) is 18.3. The zero-order valence-corrected chi connectivity index (χ0v) is 22.0. The first-order valence-electron chi connectivity index (χ1n) is 12.3. The molecule has 0 saturated carbocycles. The van der Waals surface area contributed by atoms with Crippen LogP contribution in [-0.4, -0.2) is 77.6 Å².